The van der Waals surface area contributed by atoms with Crippen LogP contribution >= 0.6 is 11.3 Å². The normalized spacial score (nSPS) is 11.1. The number of nitrogens with one attached hydrogen (secondary N) is 1. The molecule has 1 N–H and O–H groups in total. The third kappa shape index (κ3) is 6.04. The third-order valence-electron chi connectivity index (χ3n) is 4.95. The fourth-order valence-corrected chi connectivity index (χ4v) is 4.27. The number of hydrogen-bond donors (Lipinski definition) is 1. The van der Waals surface area contributed by atoms with E-state index in [-0.39, 0.29) is 17.5 Å². The molecule has 0 saturated heterocycles. The van der Waals surface area contributed by atoms with E-state index >= 15 is 0 Å². The highest BCUT2D eigenvalue weighted by Crippen LogP contribution is 2.31. The highest BCUT2D eigenvalue weighted by molar-refractivity contribution is 7.14. The fraction of sp³-hybridized carbons (Fsp3) is 0.240. The number of anilines is 4. The van der Waals surface area contributed by atoms with Gasteiger partial charge in [-0.2, -0.15) is 0 Å². The third-order valence-corrected chi connectivity index (χ3v) is 5.79. The van der Waals surface area contributed by atoms with Gasteiger partial charge >= 0.3 is 0 Å². The summed E-state index contributed by atoms with van der Waals surface area (Å²) in [5.41, 5.74) is 2.42. The zero-order valence-electron chi connectivity index (χ0n) is 19.1. The lowest BCUT2D eigenvalue weighted by molar-refractivity contribution is -0.116. The Balaban J connectivity index is 1.68. The lowest BCUT2D eigenvalue weighted by atomic mass is 10.2. The Morgan fingerprint density at radius 1 is 1.15 bits per heavy atom. The maximum atomic E-state index is 14.2. The molecule has 8 heteroatoms. The van der Waals surface area contributed by atoms with Crippen LogP contribution in [0.25, 0.3) is 6.08 Å². The molecule has 0 aliphatic rings. The molecular weight excluding hydrogens is 439 g/mol. The number of benzene rings is 2. The Kier molecular flexibility index (Phi) is 7.95. The Morgan fingerprint density at radius 2 is 1.85 bits per heavy atom. The maximum Gasteiger partial charge on any atom is 0.248 e. The zero-order chi connectivity index (χ0) is 24.0. The van der Waals surface area contributed by atoms with Gasteiger partial charge in [0.05, 0.1) is 11.4 Å². The number of para-hydroxylation sites is 1. The van der Waals surface area contributed by atoms with Crippen molar-refractivity contribution in [1.82, 2.24) is 4.98 Å². The van der Waals surface area contributed by atoms with Gasteiger partial charge in [0, 0.05) is 42.3 Å². The monoisotopic (exact) mass is 466 g/mol. The lowest BCUT2D eigenvalue weighted by Gasteiger charge is -2.27. The van der Waals surface area contributed by atoms with Crippen LogP contribution in [0, 0.1) is 5.82 Å². The maximum absolute atomic E-state index is 14.2. The van der Waals surface area contributed by atoms with Crippen molar-refractivity contribution in [3.05, 3.63) is 71.5 Å². The van der Waals surface area contributed by atoms with Gasteiger partial charge in [0.25, 0.3) is 0 Å². The molecule has 1 aromatic heterocycles. The quantitative estimate of drug-likeness (QED) is 0.423. The molecule has 0 unspecified atom stereocenters. The molecule has 0 atom stereocenters. The summed E-state index contributed by atoms with van der Waals surface area (Å²) in [6.45, 7) is 8.64. The summed E-state index contributed by atoms with van der Waals surface area (Å²) in [5.74, 6) is -1.17. The minimum absolute atomic E-state index is 0.134. The largest absolute Gasteiger partial charge is 0.369 e. The molecule has 3 rings (SSSR count). The second-order valence-electron chi connectivity index (χ2n) is 7.61. The van der Waals surface area contributed by atoms with Gasteiger partial charge in [-0.3, -0.25) is 14.5 Å². The summed E-state index contributed by atoms with van der Waals surface area (Å²) >= 11 is 1.19. The molecule has 0 spiro atoms. The standard InChI is InChI=1S/C25H27FN4O2S/c1-5-29(17(2)3)21-13-10-19(11-14-21)27-24(32)15-12-20-16-33-25(28-20)30(18(4)31)23-9-7-6-8-22(23)26/h6-17H,5H2,1-4H3,(H,27,32). The first kappa shape index (κ1) is 24.1. The van der Waals surface area contributed by atoms with E-state index in [0.29, 0.717) is 22.6 Å². The van der Waals surface area contributed by atoms with Crippen LogP contribution in [-0.2, 0) is 9.59 Å². The first-order valence-corrected chi connectivity index (χ1v) is 11.5. The Labute approximate surface area is 197 Å². The number of carbonyl (C=O) groups is 2. The van der Waals surface area contributed by atoms with Crippen molar-refractivity contribution in [2.24, 2.45) is 0 Å². The summed E-state index contributed by atoms with van der Waals surface area (Å²) in [5, 5.41) is 4.86. The molecule has 2 amide bonds. The predicted molar refractivity (Wildman–Crippen MR) is 134 cm³/mol. The van der Waals surface area contributed by atoms with E-state index in [1.807, 2.05) is 24.3 Å². The summed E-state index contributed by atoms with van der Waals surface area (Å²) in [7, 11) is 0. The van der Waals surface area contributed by atoms with Crippen molar-refractivity contribution >= 4 is 51.4 Å². The van der Waals surface area contributed by atoms with Crippen LogP contribution in [0.4, 0.5) is 26.6 Å². The summed E-state index contributed by atoms with van der Waals surface area (Å²) in [6.07, 6.45) is 2.93. The minimum atomic E-state index is -0.513. The second-order valence-corrected chi connectivity index (χ2v) is 8.45. The SMILES string of the molecule is CCN(c1ccc(NC(=O)C=Cc2csc(N(C(C)=O)c3ccccc3F)n2)cc1)C(C)C. The number of halogens is 1. The number of amides is 2. The molecule has 172 valence electrons. The van der Waals surface area contributed by atoms with Gasteiger partial charge in [-0.1, -0.05) is 12.1 Å². The molecule has 0 bridgehead atoms. The second kappa shape index (κ2) is 10.9. The van der Waals surface area contributed by atoms with Crippen LogP contribution in [0.1, 0.15) is 33.4 Å². The van der Waals surface area contributed by atoms with Gasteiger partial charge in [0.1, 0.15) is 5.82 Å². The van der Waals surface area contributed by atoms with Gasteiger partial charge in [0.15, 0.2) is 5.13 Å². The number of aromatic nitrogens is 1. The van der Waals surface area contributed by atoms with E-state index in [0.717, 1.165) is 12.2 Å². The van der Waals surface area contributed by atoms with E-state index in [9.17, 15) is 14.0 Å². The van der Waals surface area contributed by atoms with Gasteiger partial charge in [-0.25, -0.2) is 9.37 Å². The molecule has 3 aromatic rings. The van der Waals surface area contributed by atoms with Crippen molar-refractivity contribution < 1.29 is 14.0 Å². The van der Waals surface area contributed by atoms with E-state index in [1.165, 1.54) is 41.4 Å². The van der Waals surface area contributed by atoms with E-state index < -0.39 is 5.82 Å². The molecule has 0 radical (unpaired) electrons. The highest BCUT2D eigenvalue weighted by Gasteiger charge is 2.20. The van der Waals surface area contributed by atoms with Crippen LogP contribution in [0.2, 0.25) is 0 Å². The number of carbonyl (C=O) groups excluding carboxylic acids is 2. The van der Waals surface area contributed by atoms with Crippen molar-refractivity contribution in [1.29, 1.82) is 0 Å². The van der Waals surface area contributed by atoms with Gasteiger partial charge in [0.2, 0.25) is 11.8 Å². The van der Waals surface area contributed by atoms with Gasteiger partial charge < -0.3 is 10.2 Å². The lowest BCUT2D eigenvalue weighted by Crippen LogP contribution is -2.30. The number of nitrogens with zero attached hydrogens (tertiary/aromatic N) is 3. The molecule has 6 nitrogen and oxygen atoms in total. The van der Waals surface area contributed by atoms with Gasteiger partial charge in [-0.15, -0.1) is 11.3 Å². The Bertz CT molecular complexity index is 1140. The molecule has 33 heavy (non-hydrogen) atoms. The van der Waals surface area contributed by atoms with E-state index in [1.54, 1.807) is 23.6 Å². The average molecular weight is 467 g/mol. The molecule has 0 aliphatic heterocycles. The topological polar surface area (TPSA) is 65.5 Å². The molecule has 0 fully saturated rings. The number of thiazole rings is 1. The van der Waals surface area contributed by atoms with Crippen molar-refractivity contribution in [3.63, 3.8) is 0 Å². The van der Waals surface area contributed by atoms with Crippen molar-refractivity contribution in [2.75, 3.05) is 21.7 Å². The molecular formula is C25H27FN4O2S. The first-order valence-electron chi connectivity index (χ1n) is 10.7. The summed E-state index contributed by atoms with van der Waals surface area (Å²) in [4.78, 5) is 32.3. The number of rotatable bonds is 8. The smallest absolute Gasteiger partial charge is 0.248 e. The molecule has 2 aromatic carbocycles. The van der Waals surface area contributed by atoms with Crippen LogP contribution in [-0.4, -0.2) is 29.4 Å². The van der Waals surface area contributed by atoms with Crippen LogP contribution in [0.5, 0.6) is 0 Å². The van der Waals surface area contributed by atoms with Crippen LogP contribution in [0.15, 0.2) is 60.0 Å². The zero-order valence-corrected chi connectivity index (χ0v) is 19.9. The van der Waals surface area contributed by atoms with Gasteiger partial charge in [-0.05, 0) is 63.2 Å². The minimum Gasteiger partial charge on any atom is -0.369 e. The van der Waals surface area contributed by atoms with Crippen LogP contribution in [0.3, 0.4) is 0 Å². The van der Waals surface area contributed by atoms with Crippen molar-refractivity contribution in [3.8, 4) is 0 Å². The van der Waals surface area contributed by atoms with Crippen molar-refractivity contribution in [2.45, 2.75) is 33.7 Å². The predicted octanol–water partition coefficient (Wildman–Crippen LogP) is 5.85. The van der Waals surface area contributed by atoms with E-state index in [2.05, 4.69) is 36.0 Å². The molecule has 1 heterocycles. The van der Waals surface area contributed by atoms with Crippen LogP contribution < -0.4 is 15.1 Å². The summed E-state index contributed by atoms with van der Waals surface area (Å²) < 4.78 is 14.2. The number of hydrogen-bond acceptors (Lipinski definition) is 5. The Morgan fingerprint density at radius 3 is 2.45 bits per heavy atom. The molecule has 0 saturated carbocycles. The highest BCUT2D eigenvalue weighted by atomic mass is 32.1. The fourth-order valence-electron chi connectivity index (χ4n) is 3.42. The Hall–Kier alpha value is -3.52. The average Bonchev–Trinajstić information content (AvgIpc) is 3.23. The summed E-state index contributed by atoms with van der Waals surface area (Å²) in [6, 6.07) is 14.1. The first-order chi connectivity index (χ1) is 15.8. The van der Waals surface area contributed by atoms with E-state index in [4.69, 9.17) is 0 Å². The molecule has 0 aliphatic carbocycles.